The first kappa shape index (κ1) is 25.1. The van der Waals surface area contributed by atoms with Crippen LogP contribution < -0.4 is 5.73 Å². The van der Waals surface area contributed by atoms with E-state index in [2.05, 4.69) is 138 Å². The number of rotatable bonds is 5. The molecule has 3 heteroatoms. The maximum absolute atomic E-state index is 7.07. The highest BCUT2D eigenvalue weighted by molar-refractivity contribution is 6.28. The van der Waals surface area contributed by atoms with Crippen molar-refractivity contribution >= 4 is 60.4 Å². The first-order valence-electron chi connectivity index (χ1n) is 14.7. The Hall–Kier alpha value is -5.67. The van der Waals surface area contributed by atoms with E-state index in [0.717, 1.165) is 33.7 Å². The van der Waals surface area contributed by atoms with Crippen molar-refractivity contribution in [3.63, 3.8) is 0 Å². The van der Waals surface area contributed by atoms with Gasteiger partial charge in [-0.25, -0.2) is 0 Å². The number of hydrogen-bond donors (Lipinski definition) is 1. The lowest BCUT2D eigenvalue weighted by atomic mass is 10.00. The fraction of sp³-hybridized carbons (Fsp3) is 0.0250. The van der Waals surface area contributed by atoms with Crippen LogP contribution in [0.5, 0.6) is 0 Å². The molecule has 0 amide bonds. The molecule has 0 radical (unpaired) electrons. The number of anilines is 1. The summed E-state index contributed by atoms with van der Waals surface area (Å²) in [6.07, 6.45) is 0.710. The normalized spacial score (nSPS) is 12.0. The van der Waals surface area contributed by atoms with Crippen molar-refractivity contribution in [2.75, 3.05) is 5.73 Å². The van der Waals surface area contributed by atoms with Crippen LogP contribution in [0.1, 0.15) is 11.1 Å². The van der Waals surface area contributed by atoms with Gasteiger partial charge in [-0.1, -0.05) is 127 Å². The molecule has 0 aliphatic carbocycles. The van der Waals surface area contributed by atoms with Gasteiger partial charge in [0, 0.05) is 17.2 Å². The van der Waals surface area contributed by atoms with Crippen molar-refractivity contribution in [1.29, 1.82) is 0 Å². The van der Waals surface area contributed by atoms with Crippen molar-refractivity contribution in [1.82, 2.24) is 4.57 Å². The number of nitrogens with two attached hydrogens (primary N) is 1. The zero-order chi connectivity index (χ0) is 28.8. The summed E-state index contributed by atoms with van der Waals surface area (Å²) in [5.74, 6) is 0. The Bertz CT molecular complexity index is 2220. The first-order valence-corrected chi connectivity index (χ1v) is 14.7. The number of hydrogen-bond acceptors (Lipinski definition) is 2. The maximum Gasteiger partial charge on any atom is 0.0884 e. The zero-order valence-corrected chi connectivity index (χ0v) is 23.6. The number of nitrogen functional groups attached to an aromatic ring is 1. The molecule has 3 nitrogen and oxygen atoms in total. The third-order valence-electron chi connectivity index (χ3n) is 8.42. The van der Waals surface area contributed by atoms with Crippen LogP contribution in [-0.4, -0.2) is 10.3 Å². The van der Waals surface area contributed by atoms with Gasteiger partial charge in [0.2, 0.25) is 0 Å². The van der Waals surface area contributed by atoms with Gasteiger partial charge in [-0.2, -0.15) is 0 Å². The van der Waals surface area contributed by atoms with Gasteiger partial charge in [0.05, 0.1) is 33.8 Å². The molecule has 7 aromatic carbocycles. The summed E-state index contributed by atoms with van der Waals surface area (Å²) < 4.78 is 2.32. The molecule has 8 rings (SSSR count). The first-order chi connectivity index (χ1) is 21.3. The molecule has 0 unspecified atom stereocenters. The predicted molar refractivity (Wildman–Crippen MR) is 183 cm³/mol. The summed E-state index contributed by atoms with van der Waals surface area (Å²) in [5, 5.41) is 7.41. The van der Waals surface area contributed by atoms with Crippen LogP contribution in [0.15, 0.2) is 157 Å². The van der Waals surface area contributed by atoms with Crippen molar-refractivity contribution in [2.45, 2.75) is 6.42 Å². The summed E-state index contributed by atoms with van der Waals surface area (Å²) >= 11 is 0. The van der Waals surface area contributed by atoms with E-state index in [0.29, 0.717) is 12.1 Å². The fourth-order valence-electron chi connectivity index (χ4n) is 6.41. The monoisotopic (exact) mass is 551 g/mol. The minimum Gasteiger partial charge on any atom is -0.395 e. The molecule has 8 aromatic rings. The Morgan fingerprint density at radius 3 is 1.72 bits per heavy atom. The smallest absolute Gasteiger partial charge is 0.0884 e. The van der Waals surface area contributed by atoms with E-state index in [1.807, 2.05) is 18.2 Å². The summed E-state index contributed by atoms with van der Waals surface area (Å²) in [6.45, 7) is 0. The van der Waals surface area contributed by atoms with Crippen molar-refractivity contribution < 1.29 is 0 Å². The van der Waals surface area contributed by atoms with Crippen molar-refractivity contribution in [3.8, 4) is 5.69 Å². The number of fused-ring (bicyclic) bond motifs is 7. The number of aliphatic imine (C=N–C) groups is 1. The molecule has 1 aromatic heterocycles. The summed E-state index contributed by atoms with van der Waals surface area (Å²) in [4.78, 5) is 5.23. The van der Waals surface area contributed by atoms with Gasteiger partial charge < -0.3 is 10.3 Å². The molecule has 0 saturated carbocycles. The highest BCUT2D eigenvalue weighted by Gasteiger charge is 2.19. The van der Waals surface area contributed by atoms with Gasteiger partial charge >= 0.3 is 0 Å². The van der Waals surface area contributed by atoms with Crippen LogP contribution in [0.2, 0.25) is 0 Å². The second-order valence-electron chi connectivity index (χ2n) is 11.0. The van der Waals surface area contributed by atoms with Gasteiger partial charge in [-0.15, -0.1) is 0 Å². The lowest BCUT2D eigenvalue weighted by molar-refractivity contribution is 1.18. The van der Waals surface area contributed by atoms with E-state index in [9.17, 15) is 0 Å². The third kappa shape index (κ3) is 4.25. The minimum absolute atomic E-state index is 0.657. The predicted octanol–water partition coefficient (Wildman–Crippen LogP) is 10.0. The average molecular weight is 552 g/mol. The van der Waals surface area contributed by atoms with Crippen molar-refractivity contribution in [2.24, 2.45) is 4.99 Å². The second-order valence-corrected chi connectivity index (χ2v) is 11.0. The molecule has 0 atom stereocenters. The molecule has 2 N–H and O–H groups in total. The van der Waals surface area contributed by atoms with Crippen LogP contribution in [0.25, 0.3) is 49.0 Å². The van der Waals surface area contributed by atoms with E-state index in [1.54, 1.807) is 0 Å². The topological polar surface area (TPSA) is 43.3 Å². The number of para-hydroxylation sites is 1. The highest BCUT2D eigenvalue weighted by atomic mass is 15.0. The van der Waals surface area contributed by atoms with Crippen molar-refractivity contribution in [3.05, 3.63) is 163 Å². The molecular weight excluding hydrogens is 522 g/mol. The van der Waals surface area contributed by atoms with E-state index in [4.69, 9.17) is 10.7 Å². The van der Waals surface area contributed by atoms with E-state index < -0.39 is 0 Å². The Morgan fingerprint density at radius 2 is 1.09 bits per heavy atom. The standard InChI is InChI=1S/C40H29N3/c41-40-33(42-34(30-16-5-2-6-17-30)26-27-12-3-1-4-13-27)20-11-21-37(40)43-35-24-22-28-14-7-9-18-31(28)38(35)39-32-19-10-8-15-29(32)23-25-36(39)43/h1-25H,26,41H2. The maximum atomic E-state index is 7.07. The largest absolute Gasteiger partial charge is 0.395 e. The highest BCUT2D eigenvalue weighted by Crippen LogP contribution is 2.42. The lowest BCUT2D eigenvalue weighted by Gasteiger charge is -2.14. The summed E-state index contributed by atoms with van der Waals surface area (Å²) in [7, 11) is 0. The van der Waals surface area contributed by atoms with Crippen LogP contribution >= 0.6 is 0 Å². The SMILES string of the molecule is Nc1c(N=C(Cc2ccccc2)c2ccccc2)cccc1-n1c2ccc3ccccc3c2c2c3ccccc3ccc21. The molecule has 0 fully saturated rings. The van der Waals surface area contributed by atoms with Gasteiger partial charge in [-0.05, 0) is 56.9 Å². The molecular formula is C40H29N3. The van der Waals surface area contributed by atoms with Crippen LogP contribution in [-0.2, 0) is 6.42 Å². The van der Waals surface area contributed by atoms with Gasteiger partial charge in [0.1, 0.15) is 0 Å². The summed E-state index contributed by atoms with van der Waals surface area (Å²) in [6, 6.07) is 53.2. The molecule has 0 spiro atoms. The van der Waals surface area contributed by atoms with Gasteiger partial charge in [0.15, 0.2) is 0 Å². The molecule has 0 saturated heterocycles. The van der Waals surface area contributed by atoms with Gasteiger partial charge in [0.25, 0.3) is 0 Å². The van der Waals surface area contributed by atoms with Gasteiger partial charge in [-0.3, -0.25) is 4.99 Å². The Balaban J connectivity index is 1.40. The average Bonchev–Trinajstić information content (AvgIpc) is 3.41. The zero-order valence-electron chi connectivity index (χ0n) is 23.6. The van der Waals surface area contributed by atoms with Crippen LogP contribution in [0.3, 0.4) is 0 Å². The lowest BCUT2D eigenvalue weighted by Crippen LogP contribution is -2.06. The number of aromatic nitrogens is 1. The quantitative estimate of drug-likeness (QED) is 0.168. The molecule has 1 heterocycles. The second kappa shape index (κ2) is 10.3. The Morgan fingerprint density at radius 1 is 0.535 bits per heavy atom. The molecule has 0 aliphatic rings. The fourth-order valence-corrected chi connectivity index (χ4v) is 6.41. The minimum atomic E-state index is 0.657. The Kier molecular flexibility index (Phi) is 6.01. The Labute approximate surface area is 250 Å². The number of benzene rings is 7. The third-order valence-corrected chi connectivity index (χ3v) is 8.42. The summed E-state index contributed by atoms with van der Waals surface area (Å²) in [5.41, 5.74) is 15.0. The van der Waals surface area contributed by atoms with E-state index >= 15 is 0 Å². The van der Waals surface area contributed by atoms with E-state index in [-0.39, 0.29) is 0 Å². The van der Waals surface area contributed by atoms with E-state index in [1.165, 1.54) is 37.9 Å². The number of nitrogens with zero attached hydrogens (tertiary/aromatic N) is 2. The molecule has 204 valence electrons. The molecule has 0 bridgehead atoms. The van der Waals surface area contributed by atoms with Crippen LogP contribution in [0.4, 0.5) is 11.4 Å². The van der Waals surface area contributed by atoms with Crippen LogP contribution in [0, 0.1) is 0 Å². The molecule has 43 heavy (non-hydrogen) atoms. The molecule has 0 aliphatic heterocycles.